The second-order valence-corrected chi connectivity index (χ2v) is 4.80. The van der Waals surface area contributed by atoms with Gasteiger partial charge in [0.2, 0.25) is 5.91 Å². The maximum atomic E-state index is 11.8. The summed E-state index contributed by atoms with van der Waals surface area (Å²) in [6.07, 6.45) is 4.19. The third kappa shape index (κ3) is 4.24. The van der Waals surface area contributed by atoms with Crippen molar-refractivity contribution in [1.82, 2.24) is 5.32 Å². The van der Waals surface area contributed by atoms with Crippen LogP contribution in [0.5, 0.6) is 5.75 Å². The first-order chi connectivity index (χ1) is 8.48. The third-order valence-electron chi connectivity index (χ3n) is 2.90. The molecule has 3 nitrogen and oxygen atoms in total. The highest BCUT2D eigenvalue weighted by atomic mass is 16.5. The van der Waals surface area contributed by atoms with Crippen molar-refractivity contribution in [2.24, 2.45) is 0 Å². The van der Waals surface area contributed by atoms with Crippen molar-refractivity contribution in [3.05, 3.63) is 35.9 Å². The molecule has 0 aliphatic rings. The Balaban J connectivity index is 2.72. The van der Waals surface area contributed by atoms with Gasteiger partial charge in [-0.2, -0.15) is 0 Å². The molecule has 0 bridgehead atoms. The zero-order valence-corrected chi connectivity index (χ0v) is 11.5. The van der Waals surface area contributed by atoms with Gasteiger partial charge in [-0.05, 0) is 32.4 Å². The van der Waals surface area contributed by atoms with Crippen LogP contribution in [-0.4, -0.2) is 18.6 Å². The van der Waals surface area contributed by atoms with Crippen molar-refractivity contribution in [3.8, 4) is 5.75 Å². The SMILES string of the molecule is CCC(C)(C)NC(=O)/C=C/c1ccccc1OC. The summed E-state index contributed by atoms with van der Waals surface area (Å²) in [6.45, 7) is 6.05. The van der Waals surface area contributed by atoms with Crippen LogP contribution in [0.4, 0.5) is 0 Å². The molecule has 0 spiro atoms. The van der Waals surface area contributed by atoms with E-state index in [1.165, 1.54) is 6.08 Å². The fraction of sp³-hybridized carbons (Fsp3) is 0.400. The van der Waals surface area contributed by atoms with Crippen LogP contribution in [0.25, 0.3) is 6.08 Å². The molecule has 0 fully saturated rings. The van der Waals surface area contributed by atoms with Crippen LogP contribution in [-0.2, 0) is 4.79 Å². The summed E-state index contributed by atoms with van der Waals surface area (Å²) < 4.78 is 5.22. The van der Waals surface area contributed by atoms with E-state index in [9.17, 15) is 4.79 Å². The van der Waals surface area contributed by atoms with Gasteiger partial charge in [0.05, 0.1) is 7.11 Å². The first-order valence-corrected chi connectivity index (χ1v) is 6.12. The second-order valence-electron chi connectivity index (χ2n) is 4.80. The Hall–Kier alpha value is -1.77. The topological polar surface area (TPSA) is 38.3 Å². The molecule has 18 heavy (non-hydrogen) atoms. The number of nitrogens with one attached hydrogen (secondary N) is 1. The lowest BCUT2D eigenvalue weighted by Crippen LogP contribution is -2.41. The van der Waals surface area contributed by atoms with Crippen molar-refractivity contribution >= 4 is 12.0 Å². The molecule has 1 aromatic carbocycles. The monoisotopic (exact) mass is 247 g/mol. The van der Waals surface area contributed by atoms with E-state index in [1.807, 2.05) is 45.0 Å². The van der Waals surface area contributed by atoms with Gasteiger partial charge in [0.1, 0.15) is 5.75 Å². The molecule has 1 rings (SSSR count). The zero-order chi connectivity index (χ0) is 13.6. The lowest BCUT2D eigenvalue weighted by molar-refractivity contribution is -0.117. The molecule has 0 saturated heterocycles. The van der Waals surface area contributed by atoms with Crippen molar-refractivity contribution in [2.75, 3.05) is 7.11 Å². The summed E-state index contributed by atoms with van der Waals surface area (Å²) in [4.78, 5) is 11.8. The normalized spacial score (nSPS) is 11.6. The Kier molecular flexibility index (Phi) is 4.95. The predicted octanol–water partition coefficient (Wildman–Crippen LogP) is 3.01. The van der Waals surface area contributed by atoms with Crippen LogP contribution in [0, 0.1) is 0 Å². The summed E-state index contributed by atoms with van der Waals surface area (Å²) >= 11 is 0. The Morgan fingerprint density at radius 3 is 2.67 bits per heavy atom. The first kappa shape index (κ1) is 14.3. The molecule has 0 saturated carbocycles. The van der Waals surface area contributed by atoms with Crippen molar-refractivity contribution in [2.45, 2.75) is 32.7 Å². The highest BCUT2D eigenvalue weighted by molar-refractivity contribution is 5.92. The fourth-order valence-corrected chi connectivity index (χ4v) is 1.43. The zero-order valence-electron chi connectivity index (χ0n) is 11.5. The number of hydrogen-bond donors (Lipinski definition) is 1. The molecule has 0 aromatic heterocycles. The third-order valence-corrected chi connectivity index (χ3v) is 2.90. The van der Waals surface area contributed by atoms with E-state index in [-0.39, 0.29) is 11.4 Å². The number of hydrogen-bond acceptors (Lipinski definition) is 2. The maximum Gasteiger partial charge on any atom is 0.244 e. The number of carbonyl (C=O) groups is 1. The van der Waals surface area contributed by atoms with E-state index in [0.29, 0.717) is 0 Å². The molecule has 1 amide bonds. The Morgan fingerprint density at radius 1 is 1.39 bits per heavy atom. The number of para-hydroxylation sites is 1. The van der Waals surface area contributed by atoms with Gasteiger partial charge in [-0.15, -0.1) is 0 Å². The molecular weight excluding hydrogens is 226 g/mol. The van der Waals surface area contributed by atoms with Gasteiger partial charge in [-0.3, -0.25) is 4.79 Å². The second kappa shape index (κ2) is 6.24. The van der Waals surface area contributed by atoms with Gasteiger partial charge in [-0.1, -0.05) is 25.1 Å². The summed E-state index contributed by atoms with van der Waals surface area (Å²) in [5.74, 6) is 0.670. The van der Waals surface area contributed by atoms with E-state index >= 15 is 0 Å². The molecule has 0 unspecified atom stereocenters. The number of methoxy groups -OCH3 is 1. The quantitative estimate of drug-likeness (QED) is 0.812. The Bertz CT molecular complexity index is 436. The van der Waals surface area contributed by atoms with Gasteiger partial charge in [0.15, 0.2) is 0 Å². The molecule has 0 atom stereocenters. The van der Waals surface area contributed by atoms with Crippen molar-refractivity contribution < 1.29 is 9.53 Å². The van der Waals surface area contributed by atoms with Crippen LogP contribution < -0.4 is 10.1 Å². The molecule has 0 radical (unpaired) electrons. The van der Waals surface area contributed by atoms with E-state index in [1.54, 1.807) is 13.2 Å². The number of benzene rings is 1. The lowest BCUT2D eigenvalue weighted by atomic mass is 10.0. The summed E-state index contributed by atoms with van der Waals surface area (Å²) in [5.41, 5.74) is 0.715. The smallest absolute Gasteiger partial charge is 0.244 e. The highest BCUT2D eigenvalue weighted by Crippen LogP contribution is 2.18. The van der Waals surface area contributed by atoms with Gasteiger partial charge in [0, 0.05) is 17.2 Å². The lowest BCUT2D eigenvalue weighted by Gasteiger charge is -2.23. The highest BCUT2D eigenvalue weighted by Gasteiger charge is 2.15. The van der Waals surface area contributed by atoms with Crippen LogP contribution >= 0.6 is 0 Å². The van der Waals surface area contributed by atoms with E-state index in [2.05, 4.69) is 5.32 Å². The van der Waals surface area contributed by atoms with E-state index in [0.717, 1.165) is 17.7 Å². The first-order valence-electron chi connectivity index (χ1n) is 6.12. The van der Waals surface area contributed by atoms with Crippen LogP contribution in [0.2, 0.25) is 0 Å². The molecule has 3 heteroatoms. The largest absolute Gasteiger partial charge is 0.496 e. The molecule has 0 aliphatic heterocycles. The van der Waals surface area contributed by atoms with E-state index in [4.69, 9.17) is 4.74 Å². The van der Waals surface area contributed by atoms with E-state index < -0.39 is 0 Å². The summed E-state index contributed by atoms with van der Waals surface area (Å²) in [7, 11) is 1.62. The summed E-state index contributed by atoms with van der Waals surface area (Å²) in [5, 5.41) is 2.95. The van der Waals surface area contributed by atoms with Gasteiger partial charge < -0.3 is 10.1 Å². The predicted molar refractivity (Wildman–Crippen MR) is 74.5 cm³/mol. The standard InChI is InChI=1S/C15H21NO2/c1-5-15(2,3)16-14(17)11-10-12-8-6-7-9-13(12)18-4/h6-11H,5H2,1-4H3,(H,16,17)/b11-10+. The van der Waals surface area contributed by atoms with Gasteiger partial charge in [-0.25, -0.2) is 0 Å². The minimum atomic E-state index is -0.178. The Morgan fingerprint density at radius 2 is 2.06 bits per heavy atom. The number of rotatable bonds is 5. The Labute approximate surface area is 109 Å². The van der Waals surface area contributed by atoms with Gasteiger partial charge >= 0.3 is 0 Å². The minimum absolute atomic E-state index is 0.0900. The summed E-state index contributed by atoms with van der Waals surface area (Å²) in [6, 6.07) is 7.59. The maximum absolute atomic E-state index is 11.8. The van der Waals surface area contributed by atoms with Crippen molar-refractivity contribution in [3.63, 3.8) is 0 Å². The molecule has 1 N–H and O–H groups in total. The molecule has 98 valence electrons. The average molecular weight is 247 g/mol. The number of ether oxygens (including phenoxy) is 1. The fourth-order valence-electron chi connectivity index (χ4n) is 1.43. The average Bonchev–Trinajstić information content (AvgIpc) is 2.36. The number of amides is 1. The van der Waals surface area contributed by atoms with Crippen molar-refractivity contribution in [1.29, 1.82) is 0 Å². The van der Waals surface area contributed by atoms with Crippen LogP contribution in [0.3, 0.4) is 0 Å². The molecule has 0 aliphatic carbocycles. The molecular formula is C15H21NO2. The number of carbonyl (C=O) groups excluding carboxylic acids is 1. The van der Waals surface area contributed by atoms with Crippen LogP contribution in [0.15, 0.2) is 30.3 Å². The molecule has 0 heterocycles. The van der Waals surface area contributed by atoms with Gasteiger partial charge in [0.25, 0.3) is 0 Å². The molecule has 1 aromatic rings. The van der Waals surface area contributed by atoms with Crippen LogP contribution in [0.1, 0.15) is 32.8 Å². The minimum Gasteiger partial charge on any atom is -0.496 e.